The van der Waals surface area contributed by atoms with E-state index in [4.69, 9.17) is 0 Å². The second kappa shape index (κ2) is 13.0. The van der Waals surface area contributed by atoms with E-state index >= 15 is 0 Å². The molecular formula is C20H32. The smallest absolute Gasteiger partial charge is 0.00240 e. The molecule has 0 amide bonds. The molecular weight excluding hydrogens is 240 g/mol. The normalized spacial score (nSPS) is 10.4. The van der Waals surface area contributed by atoms with Crippen molar-refractivity contribution in [2.24, 2.45) is 0 Å². The van der Waals surface area contributed by atoms with Crippen molar-refractivity contribution in [2.75, 3.05) is 0 Å². The molecule has 0 fully saturated rings. The summed E-state index contributed by atoms with van der Waals surface area (Å²) in [7, 11) is 0. The summed E-state index contributed by atoms with van der Waals surface area (Å²) in [5, 5.41) is 0. The second-order valence-corrected chi connectivity index (χ2v) is 5.96. The summed E-state index contributed by atoms with van der Waals surface area (Å²) in [6.07, 6.45) is 18.2. The van der Waals surface area contributed by atoms with Crippen LogP contribution in [0.3, 0.4) is 0 Å². The van der Waals surface area contributed by atoms with Crippen molar-refractivity contribution in [3.05, 3.63) is 35.9 Å². The molecule has 0 heteroatoms. The summed E-state index contributed by atoms with van der Waals surface area (Å²) < 4.78 is 0. The predicted octanol–water partition coefficient (Wildman–Crippen LogP) is 6.53. The molecule has 1 aromatic rings. The van der Waals surface area contributed by atoms with E-state index in [1.165, 1.54) is 89.0 Å². The molecule has 0 radical (unpaired) electrons. The van der Waals surface area contributed by atoms with Gasteiger partial charge in [0.25, 0.3) is 0 Å². The molecule has 0 saturated heterocycles. The first-order valence-corrected chi connectivity index (χ1v) is 8.80. The number of rotatable bonds is 13. The molecule has 0 aliphatic carbocycles. The lowest BCUT2D eigenvalue weighted by molar-refractivity contribution is 0.544. The van der Waals surface area contributed by atoms with Gasteiger partial charge < -0.3 is 0 Å². The SMILES string of the molecule is CCCCCCCCCCCCCCc1c#cccc1. The number of unbranched alkanes of at least 4 members (excludes halogenated alkanes) is 11. The van der Waals surface area contributed by atoms with Crippen LogP contribution in [0.5, 0.6) is 0 Å². The molecule has 1 rings (SSSR count). The molecule has 1 aromatic carbocycles. The average molecular weight is 272 g/mol. The zero-order valence-electron chi connectivity index (χ0n) is 13.4. The summed E-state index contributed by atoms with van der Waals surface area (Å²) in [4.78, 5) is 0. The number of aryl methyl sites for hydroxylation is 1. The highest BCUT2D eigenvalue weighted by molar-refractivity contribution is 5.07. The molecule has 0 unspecified atom stereocenters. The first-order chi connectivity index (χ1) is 9.93. The van der Waals surface area contributed by atoms with E-state index in [-0.39, 0.29) is 0 Å². The maximum absolute atomic E-state index is 3.18. The molecule has 0 bridgehead atoms. The lowest BCUT2D eigenvalue weighted by Crippen LogP contribution is -1.85. The lowest BCUT2D eigenvalue weighted by atomic mass is 10.0. The molecule has 0 nitrogen and oxygen atoms in total. The van der Waals surface area contributed by atoms with Crippen LogP contribution in [0, 0.1) is 12.1 Å². The van der Waals surface area contributed by atoms with Gasteiger partial charge in [0.15, 0.2) is 0 Å². The van der Waals surface area contributed by atoms with Gasteiger partial charge in [0.05, 0.1) is 0 Å². The Balaban J connectivity index is 1.77. The largest absolute Gasteiger partial charge is 0.0700 e. The maximum atomic E-state index is 3.18. The fourth-order valence-electron chi connectivity index (χ4n) is 2.69. The zero-order valence-corrected chi connectivity index (χ0v) is 13.4. The molecule has 0 aromatic heterocycles. The van der Waals surface area contributed by atoms with Crippen LogP contribution in [0.4, 0.5) is 0 Å². The Labute approximate surface area is 127 Å². The van der Waals surface area contributed by atoms with E-state index in [2.05, 4.69) is 31.2 Å². The Morgan fingerprint density at radius 2 is 1.30 bits per heavy atom. The molecule has 20 heavy (non-hydrogen) atoms. The third kappa shape index (κ3) is 9.90. The van der Waals surface area contributed by atoms with Crippen LogP contribution >= 0.6 is 0 Å². The zero-order chi connectivity index (χ0) is 14.3. The average Bonchev–Trinajstić information content (AvgIpc) is 2.49. The van der Waals surface area contributed by atoms with Gasteiger partial charge in [-0.05, 0) is 18.9 Å². The van der Waals surface area contributed by atoms with Crippen LogP contribution < -0.4 is 0 Å². The minimum Gasteiger partial charge on any atom is -0.0700 e. The predicted molar refractivity (Wildman–Crippen MR) is 88.9 cm³/mol. The maximum Gasteiger partial charge on any atom is 0.00240 e. The summed E-state index contributed by atoms with van der Waals surface area (Å²) in [5.41, 5.74) is 1.32. The van der Waals surface area contributed by atoms with Gasteiger partial charge in [-0.1, -0.05) is 102 Å². The van der Waals surface area contributed by atoms with Crippen LogP contribution in [0.25, 0.3) is 0 Å². The van der Waals surface area contributed by atoms with Gasteiger partial charge in [0.1, 0.15) is 0 Å². The molecule has 0 saturated carbocycles. The highest BCUT2D eigenvalue weighted by atomic mass is 14.0. The Bertz CT molecular complexity index is 288. The lowest BCUT2D eigenvalue weighted by Gasteiger charge is -2.02. The van der Waals surface area contributed by atoms with Crippen molar-refractivity contribution in [3.8, 4) is 0 Å². The van der Waals surface area contributed by atoms with Crippen molar-refractivity contribution in [2.45, 2.75) is 90.4 Å². The van der Waals surface area contributed by atoms with Gasteiger partial charge in [-0.3, -0.25) is 0 Å². The van der Waals surface area contributed by atoms with Crippen molar-refractivity contribution < 1.29 is 0 Å². The van der Waals surface area contributed by atoms with Crippen molar-refractivity contribution in [1.82, 2.24) is 0 Å². The standard InChI is InChI=1S/C20H32/c1-2-3-4-5-6-7-8-9-10-11-12-14-17-20-18-15-13-16-19-20/h13,15,18H,2-12,14,17H2,1H3. The molecule has 0 aliphatic heterocycles. The topological polar surface area (TPSA) is 0 Å². The Hall–Kier alpha value is -0.960. The third-order valence-electron chi connectivity index (χ3n) is 4.01. The van der Waals surface area contributed by atoms with Crippen LogP contribution in [0.15, 0.2) is 18.2 Å². The first-order valence-electron chi connectivity index (χ1n) is 8.80. The molecule has 0 N–H and O–H groups in total. The van der Waals surface area contributed by atoms with Crippen LogP contribution in [-0.4, -0.2) is 0 Å². The van der Waals surface area contributed by atoms with Crippen molar-refractivity contribution in [3.63, 3.8) is 0 Å². The Morgan fingerprint density at radius 1 is 0.750 bits per heavy atom. The van der Waals surface area contributed by atoms with E-state index in [1.54, 1.807) is 0 Å². The van der Waals surface area contributed by atoms with E-state index < -0.39 is 0 Å². The van der Waals surface area contributed by atoms with E-state index in [9.17, 15) is 0 Å². The highest BCUT2D eigenvalue weighted by Gasteiger charge is 1.94. The molecule has 0 atom stereocenters. The Kier molecular flexibility index (Phi) is 11.1. The van der Waals surface area contributed by atoms with E-state index in [0.717, 1.165) is 0 Å². The summed E-state index contributed by atoms with van der Waals surface area (Å²) >= 11 is 0. The first kappa shape index (κ1) is 17.1. The van der Waals surface area contributed by atoms with Crippen molar-refractivity contribution >= 4 is 0 Å². The van der Waals surface area contributed by atoms with Gasteiger partial charge in [-0.15, -0.1) is 0 Å². The summed E-state index contributed by atoms with van der Waals surface area (Å²) in [5.74, 6) is 0. The van der Waals surface area contributed by atoms with Gasteiger partial charge in [-0.25, -0.2) is 0 Å². The fraction of sp³-hybridized carbons (Fsp3) is 0.700. The minimum atomic E-state index is 1.18. The van der Waals surface area contributed by atoms with Crippen molar-refractivity contribution in [1.29, 1.82) is 0 Å². The van der Waals surface area contributed by atoms with E-state index in [1.807, 2.05) is 6.07 Å². The van der Waals surface area contributed by atoms with Gasteiger partial charge in [0.2, 0.25) is 0 Å². The fourth-order valence-corrected chi connectivity index (χ4v) is 2.69. The van der Waals surface area contributed by atoms with Gasteiger partial charge in [0, 0.05) is 5.56 Å². The second-order valence-electron chi connectivity index (χ2n) is 5.96. The van der Waals surface area contributed by atoms with Crippen LogP contribution in [-0.2, 0) is 6.42 Å². The van der Waals surface area contributed by atoms with Crippen LogP contribution in [0.1, 0.15) is 89.5 Å². The number of hydrogen-bond acceptors (Lipinski definition) is 0. The van der Waals surface area contributed by atoms with Gasteiger partial charge in [-0.2, -0.15) is 0 Å². The van der Waals surface area contributed by atoms with Gasteiger partial charge >= 0.3 is 0 Å². The molecule has 0 heterocycles. The minimum absolute atomic E-state index is 1.18. The molecule has 0 aliphatic rings. The quantitative estimate of drug-likeness (QED) is 0.358. The van der Waals surface area contributed by atoms with E-state index in [0.29, 0.717) is 0 Å². The summed E-state index contributed by atoms with van der Waals surface area (Å²) in [6.45, 7) is 2.29. The molecule has 0 spiro atoms. The highest BCUT2D eigenvalue weighted by Crippen LogP contribution is 2.12. The third-order valence-corrected chi connectivity index (χ3v) is 4.01. The van der Waals surface area contributed by atoms with Crippen LogP contribution in [0.2, 0.25) is 0 Å². The molecule has 112 valence electrons. The Morgan fingerprint density at radius 3 is 1.80 bits per heavy atom. The monoisotopic (exact) mass is 272 g/mol. The summed E-state index contributed by atoms with van der Waals surface area (Å²) in [6, 6.07) is 12.4. The number of hydrogen-bond donors (Lipinski definition) is 0.